The fourth-order valence-corrected chi connectivity index (χ4v) is 6.08. The number of alkyl halides is 3. The molecule has 212 valence electrons. The average Bonchev–Trinajstić information content (AvgIpc) is 3.42. The van der Waals surface area contributed by atoms with Gasteiger partial charge in [0.1, 0.15) is 18.5 Å². The van der Waals surface area contributed by atoms with Crippen molar-refractivity contribution in [3.8, 4) is 5.75 Å². The van der Waals surface area contributed by atoms with Crippen LogP contribution >= 0.6 is 0 Å². The van der Waals surface area contributed by atoms with E-state index in [-0.39, 0.29) is 54.9 Å². The molecule has 0 N–H and O–H groups in total. The topological polar surface area (TPSA) is 72.5 Å². The molecular weight excluding hydrogens is 505 g/mol. The van der Waals surface area contributed by atoms with Crippen LogP contribution in [-0.4, -0.2) is 56.7 Å². The van der Waals surface area contributed by atoms with Crippen molar-refractivity contribution in [1.29, 1.82) is 0 Å². The molecule has 38 heavy (non-hydrogen) atoms. The standard InChI is InChI=1S/C28H37F3O7/c29-28(30,31)18-6-5-7-19(14-18)35-17-20(36-26-8-1-3-12-33-26)10-11-21-22-15-25(32)37-24(22)16-23(21)38-27-9-2-4-13-34-27/h5-7,14,20-24,26-27H,1-4,8-13,15-17H2/t20-,21?,22?,23?,24?,26?,27?/m1/s1. The highest BCUT2D eigenvalue weighted by atomic mass is 19.4. The first kappa shape index (κ1) is 27.7. The number of ether oxygens (including phenoxy) is 6. The van der Waals surface area contributed by atoms with Crippen LogP contribution < -0.4 is 4.74 Å². The summed E-state index contributed by atoms with van der Waals surface area (Å²) in [5.74, 6) is 0.133. The molecule has 5 rings (SSSR count). The van der Waals surface area contributed by atoms with E-state index < -0.39 is 17.8 Å². The SMILES string of the molecule is O=C1CC2C(CC(OC3CCCCO3)C2CC[C@H](COc2cccc(C(F)(F)F)c2)OC2CCCCO2)O1. The van der Waals surface area contributed by atoms with Crippen molar-refractivity contribution in [2.24, 2.45) is 11.8 Å². The Morgan fingerprint density at radius 1 is 1.03 bits per heavy atom. The van der Waals surface area contributed by atoms with E-state index in [1.54, 1.807) is 0 Å². The number of esters is 1. The Morgan fingerprint density at radius 3 is 2.50 bits per heavy atom. The van der Waals surface area contributed by atoms with Crippen LogP contribution in [0.25, 0.3) is 0 Å². The van der Waals surface area contributed by atoms with Gasteiger partial charge in [0, 0.05) is 25.6 Å². The third kappa shape index (κ3) is 7.20. The molecule has 7 nitrogen and oxygen atoms in total. The normalized spacial score (nSPS) is 32.6. The van der Waals surface area contributed by atoms with Crippen LogP contribution in [-0.2, 0) is 34.7 Å². The van der Waals surface area contributed by atoms with Gasteiger partial charge in [0.25, 0.3) is 0 Å². The van der Waals surface area contributed by atoms with Crippen molar-refractivity contribution in [1.82, 2.24) is 0 Å². The second-order valence-corrected chi connectivity index (χ2v) is 10.7. The highest BCUT2D eigenvalue weighted by Crippen LogP contribution is 2.46. The molecule has 0 radical (unpaired) electrons. The third-order valence-electron chi connectivity index (χ3n) is 8.02. The van der Waals surface area contributed by atoms with E-state index in [0.717, 1.165) is 50.7 Å². The lowest BCUT2D eigenvalue weighted by Gasteiger charge is -2.32. The molecule has 4 fully saturated rings. The predicted molar refractivity (Wildman–Crippen MR) is 129 cm³/mol. The summed E-state index contributed by atoms with van der Waals surface area (Å²) in [5.41, 5.74) is -0.754. The minimum Gasteiger partial charge on any atom is -0.491 e. The molecule has 0 amide bonds. The van der Waals surface area contributed by atoms with E-state index in [1.165, 1.54) is 12.1 Å². The molecule has 3 aliphatic heterocycles. The summed E-state index contributed by atoms with van der Waals surface area (Å²) < 4.78 is 75.1. The summed E-state index contributed by atoms with van der Waals surface area (Å²) in [6, 6.07) is 4.88. The Balaban J connectivity index is 1.24. The molecule has 1 aliphatic carbocycles. The molecule has 4 aliphatic rings. The van der Waals surface area contributed by atoms with Crippen LogP contribution in [0, 0.1) is 11.8 Å². The van der Waals surface area contributed by atoms with Crippen LogP contribution in [0.2, 0.25) is 0 Å². The lowest BCUT2D eigenvalue weighted by molar-refractivity contribution is -0.202. The zero-order chi connectivity index (χ0) is 26.5. The van der Waals surface area contributed by atoms with Crippen molar-refractivity contribution in [3.63, 3.8) is 0 Å². The molecule has 1 aromatic carbocycles. The summed E-state index contributed by atoms with van der Waals surface area (Å²) >= 11 is 0. The number of benzene rings is 1. The van der Waals surface area contributed by atoms with Gasteiger partial charge >= 0.3 is 12.1 Å². The average molecular weight is 543 g/mol. The Morgan fingerprint density at radius 2 is 1.79 bits per heavy atom. The molecule has 3 saturated heterocycles. The Kier molecular flexibility index (Phi) is 9.13. The maximum atomic E-state index is 13.2. The summed E-state index contributed by atoms with van der Waals surface area (Å²) in [4.78, 5) is 12.0. The van der Waals surface area contributed by atoms with E-state index in [2.05, 4.69) is 0 Å². The maximum absolute atomic E-state index is 13.2. The van der Waals surface area contributed by atoms with Crippen LogP contribution in [0.4, 0.5) is 13.2 Å². The quantitative estimate of drug-likeness (QED) is 0.355. The van der Waals surface area contributed by atoms with Crippen LogP contribution in [0.5, 0.6) is 5.75 Å². The van der Waals surface area contributed by atoms with Crippen LogP contribution in [0.1, 0.15) is 69.8 Å². The first-order valence-electron chi connectivity index (χ1n) is 13.9. The Labute approximate surface area is 221 Å². The second kappa shape index (κ2) is 12.5. The van der Waals surface area contributed by atoms with Gasteiger partial charge in [0.05, 0.1) is 24.2 Å². The van der Waals surface area contributed by atoms with E-state index in [1.807, 2.05) is 0 Å². The fourth-order valence-electron chi connectivity index (χ4n) is 6.08. The van der Waals surface area contributed by atoms with Crippen molar-refractivity contribution in [2.75, 3.05) is 19.8 Å². The molecule has 6 unspecified atom stereocenters. The van der Waals surface area contributed by atoms with Gasteiger partial charge < -0.3 is 28.4 Å². The lowest BCUT2D eigenvalue weighted by Crippen LogP contribution is -2.34. The number of carbonyl (C=O) groups is 1. The van der Waals surface area contributed by atoms with Gasteiger partial charge in [0.15, 0.2) is 12.6 Å². The fraction of sp³-hybridized carbons (Fsp3) is 0.750. The monoisotopic (exact) mass is 542 g/mol. The Hall–Kier alpha value is -1.88. The summed E-state index contributed by atoms with van der Waals surface area (Å²) in [6.45, 7) is 1.40. The minimum atomic E-state index is -4.44. The van der Waals surface area contributed by atoms with Gasteiger partial charge in [-0.25, -0.2) is 0 Å². The summed E-state index contributed by atoms with van der Waals surface area (Å²) in [7, 11) is 0. The number of hydrogen-bond donors (Lipinski definition) is 0. The summed E-state index contributed by atoms with van der Waals surface area (Å²) in [5, 5.41) is 0. The van der Waals surface area contributed by atoms with Gasteiger partial charge in [-0.2, -0.15) is 13.2 Å². The van der Waals surface area contributed by atoms with Crippen LogP contribution in [0.3, 0.4) is 0 Å². The molecule has 1 aromatic rings. The number of rotatable bonds is 10. The van der Waals surface area contributed by atoms with Gasteiger partial charge in [0.2, 0.25) is 0 Å². The molecule has 0 spiro atoms. The third-order valence-corrected chi connectivity index (χ3v) is 8.02. The lowest BCUT2D eigenvalue weighted by atomic mass is 9.87. The van der Waals surface area contributed by atoms with Gasteiger partial charge in [-0.05, 0) is 75.5 Å². The molecule has 1 saturated carbocycles. The first-order valence-corrected chi connectivity index (χ1v) is 13.9. The Bertz CT molecular complexity index is 914. The minimum absolute atomic E-state index is 0.0760. The molecular formula is C28H37F3O7. The van der Waals surface area contributed by atoms with Gasteiger partial charge in [-0.1, -0.05) is 6.07 Å². The van der Waals surface area contributed by atoms with Crippen molar-refractivity contribution >= 4 is 5.97 Å². The van der Waals surface area contributed by atoms with Crippen molar-refractivity contribution in [2.45, 2.75) is 101 Å². The van der Waals surface area contributed by atoms with E-state index in [0.29, 0.717) is 38.9 Å². The van der Waals surface area contributed by atoms with E-state index >= 15 is 0 Å². The van der Waals surface area contributed by atoms with Crippen molar-refractivity contribution in [3.05, 3.63) is 29.8 Å². The van der Waals surface area contributed by atoms with E-state index in [9.17, 15) is 18.0 Å². The highest BCUT2D eigenvalue weighted by molar-refractivity contribution is 5.72. The van der Waals surface area contributed by atoms with Gasteiger partial charge in [-0.15, -0.1) is 0 Å². The molecule has 3 heterocycles. The van der Waals surface area contributed by atoms with Crippen LogP contribution in [0.15, 0.2) is 24.3 Å². The highest BCUT2D eigenvalue weighted by Gasteiger charge is 2.51. The smallest absolute Gasteiger partial charge is 0.416 e. The predicted octanol–water partition coefficient (Wildman–Crippen LogP) is 5.64. The summed E-state index contributed by atoms with van der Waals surface area (Å²) in [6.07, 6.45) is 2.34. The maximum Gasteiger partial charge on any atom is 0.416 e. The zero-order valence-electron chi connectivity index (χ0n) is 21.5. The number of carbonyl (C=O) groups excluding carboxylic acids is 1. The van der Waals surface area contributed by atoms with Gasteiger partial charge in [-0.3, -0.25) is 4.79 Å². The number of hydrogen-bond acceptors (Lipinski definition) is 7. The molecule has 0 bridgehead atoms. The second-order valence-electron chi connectivity index (χ2n) is 10.7. The molecule has 0 aromatic heterocycles. The number of halogens is 3. The zero-order valence-corrected chi connectivity index (χ0v) is 21.5. The molecule has 10 heteroatoms. The number of fused-ring (bicyclic) bond motifs is 1. The first-order chi connectivity index (χ1) is 18.3. The van der Waals surface area contributed by atoms with E-state index in [4.69, 9.17) is 28.4 Å². The largest absolute Gasteiger partial charge is 0.491 e. The van der Waals surface area contributed by atoms with Crippen molar-refractivity contribution < 1.29 is 46.4 Å². The molecule has 7 atom stereocenters.